The van der Waals surface area contributed by atoms with Crippen molar-refractivity contribution in [3.8, 4) is 0 Å². The highest BCUT2D eigenvalue weighted by atomic mass is 16.4. The number of carbonyl (C=O) groups is 1. The number of aliphatic carboxylic acids is 1. The molecular formula is C11H18N4O2. The Morgan fingerprint density at radius 3 is 2.71 bits per heavy atom. The van der Waals surface area contributed by atoms with Crippen LogP contribution in [0, 0.1) is 11.3 Å². The zero-order chi connectivity index (χ0) is 12.5. The monoisotopic (exact) mass is 238 g/mol. The van der Waals surface area contributed by atoms with Gasteiger partial charge in [0.25, 0.3) is 0 Å². The average Bonchev–Trinajstić information content (AvgIpc) is 2.57. The van der Waals surface area contributed by atoms with Crippen molar-refractivity contribution in [2.45, 2.75) is 46.1 Å². The summed E-state index contributed by atoms with van der Waals surface area (Å²) in [5.41, 5.74) is -0.638. The summed E-state index contributed by atoms with van der Waals surface area (Å²) in [6.07, 6.45) is 3.21. The van der Waals surface area contributed by atoms with Crippen molar-refractivity contribution in [2.24, 2.45) is 11.3 Å². The van der Waals surface area contributed by atoms with E-state index in [1.165, 1.54) is 0 Å². The fourth-order valence-electron chi connectivity index (χ4n) is 2.19. The molecule has 0 saturated heterocycles. The summed E-state index contributed by atoms with van der Waals surface area (Å²) in [4.78, 5) is 11.3. The molecule has 6 nitrogen and oxygen atoms in total. The minimum atomic E-state index is -0.727. The first-order valence-corrected chi connectivity index (χ1v) is 6.02. The smallest absolute Gasteiger partial charge is 0.311 e. The highest BCUT2D eigenvalue weighted by molar-refractivity contribution is 5.75. The highest BCUT2D eigenvalue weighted by Crippen LogP contribution is 2.42. The van der Waals surface area contributed by atoms with Crippen LogP contribution in [0.2, 0.25) is 0 Å². The standard InChI is InChI=1S/C11H18N4O2/c1-8(2)6-9-12-13-14-15(9)7-11(10(16)17)4-3-5-11/h8H,3-7H2,1-2H3,(H,16,17). The largest absolute Gasteiger partial charge is 0.481 e. The van der Waals surface area contributed by atoms with E-state index in [4.69, 9.17) is 0 Å². The maximum Gasteiger partial charge on any atom is 0.311 e. The van der Waals surface area contributed by atoms with Crippen molar-refractivity contribution >= 4 is 5.97 Å². The molecule has 1 fully saturated rings. The Morgan fingerprint density at radius 1 is 1.53 bits per heavy atom. The van der Waals surface area contributed by atoms with Gasteiger partial charge in [0, 0.05) is 6.42 Å². The Hall–Kier alpha value is -1.46. The first kappa shape index (κ1) is 12.0. The van der Waals surface area contributed by atoms with Crippen LogP contribution >= 0.6 is 0 Å². The Labute approximate surface area is 100 Å². The third-order valence-electron chi connectivity index (χ3n) is 3.41. The molecule has 0 unspecified atom stereocenters. The fraction of sp³-hybridized carbons (Fsp3) is 0.818. The number of nitrogens with zero attached hydrogens (tertiary/aromatic N) is 4. The van der Waals surface area contributed by atoms with Gasteiger partial charge in [-0.3, -0.25) is 4.79 Å². The molecule has 1 heterocycles. The third kappa shape index (κ3) is 2.30. The van der Waals surface area contributed by atoms with Crippen LogP contribution in [0.25, 0.3) is 0 Å². The maximum absolute atomic E-state index is 11.3. The molecule has 1 N–H and O–H groups in total. The van der Waals surface area contributed by atoms with Crippen LogP contribution in [0.15, 0.2) is 0 Å². The molecule has 6 heteroatoms. The zero-order valence-electron chi connectivity index (χ0n) is 10.3. The molecule has 0 aromatic carbocycles. The molecule has 0 amide bonds. The van der Waals surface area contributed by atoms with Gasteiger partial charge in [-0.05, 0) is 29.2 Å². The van der Waals surface area contributed by atoms with Crippen LogP contribution < -0.4 is 0 Å². The Balaban J connectivity index is 2.13. The van der Waals surface area contributed by atoms with Crippen LogP contribution in [-0.4, -0.2) is 31.3 Å². The van der Waals surface area contributed by atoms with E-state index in [-0.39, 0.29) is 0 Å². The molecule has 1 aromatic heterocycles. The van der Waals surface area contributed by atoms with E-state index in [0.29, 0.717) is 12.5 Å². The van der Waals surface area contributed by atoms with E-state index in [1.54, 1.807) is 4.68 Å². The number of carboxylic acids is 1. The van der Waals surface area contributed by atoms with Gasteiger partial charge in [0.15, 0.2) is 5.82 Å². The lowest BCUT2D eigenvalue weighted by molar-refractivity contribution is -0.156. The van der Waals surface area contributed by atoms with Gasteiger partial charge in [-0.15, -0.1) is 5.10 Å². The molecule has 0 radical (unpaired) electrons. The lowest BCUT2D eigenvalue weighted by Crippen LogP contribution is -2.42. The summed E-state index contributed by atoms with van der Waals surface area (Å²) in [6, 6.07) is 0. The first-order chi connectivity index (χ1) is 8.03. The molecule has 1 aliphatic carbocycles. The van der Waals surface area contributed by atoms with Crippen LogP contribution in [0.4, 0.5) is 0 Å². The minimum absolute atomic E-state index is 0.400. The van der Waals surface area contributed by atoms with Gasteiger partial charge in [0.1, 0.15) is 0 Å². The fourth-order valence-corrected chi connectivity index (χ4v) is 2.19. The third-order valence-corrected chi connectivity index (χ3v) is 3.41. The Kier molecular flexibility index (Phi) is 3.13. The molecule has 0 atom stereocenters. The number of tetrazole rings is 1. The van der Waals surface area contributed by atoms with Gasteiger partial charge in [0.2, 0.25) is 0 Å². The van der Waals surface area contributed by atoms with Gasteiger partial charge >= 0.3 is 5.97 Å². The van der Waals surface area contributed by atoms with Crippen molar-refractivity contribution in [1.82, 2.24) is 20.2 Å². The SMILES string of the molecule is CC(C)Cc1nnnn1CC1(C(=O)O)CCC1. The average molecular weight is 238 g/mol. The first-order valence-electron chi connectivity index (χ1n) is 6.02. The van der Waals surface area contributed by atoms with Crippen LogP contribution in [0.1, 0.15) is 38.9 Å². The van der Waals surface area contributed by atoms with E-state index in [1.807, 2.05) is 0 Å². The van der Waals surface area contributed by atoms with E-state index < -0.39 is 11.4 Å². The van der Waals surface area contributed by atoms with Crippen molar-refractivity contribution in [2.75, 3.05) is 0 Å². The maximum atomic E-state index is 11.3. The van der Waals surface area contributed by atoms with Gasteiger partial charge in [0.05, 0.1) is 12.0 Å². The molecule has 94 valence electrons. The summed E-state index contributed by atoms with van der Waals surface area (Å²) in [7, 11) is 0. The van der Waals surface area contributed by atoms with E-state index in [0.717, 1.165) is 31.5 Å². The summed E-state index contributed by atoms with van der Waals surface area (Å²) in [5, 5.41) is 20.8. The topological polar surface area (TPSA) is 80.9 Å². The Morgan fingerprint density at radius 2 is 2.24 bits per heavy atom. The van der Waals surface area contributed by atoms with E-state index >= 15 is 0 Å². The molecule has 0 spiro atoms. The molecule has 1 aliphatic rings. The van der Waals surface area contributed by atoms with E-state index in [9.17, 15) is 9.90 Å². The molecule has 1 aromatic rings. The lowest BCUT2D eigenvalue weighted by atomic mass is 9.69. The highest BCUT2D eigenvalue weighted by Gasteiger charge is 2.45. The predicted molar refractivity (Wildman–Crippen MR) is 60.3 cm³/mol. The van der Waals surface area contributed by atoms with E-state index in [2.05, 4.69) is 29.4 Å². The second-order valence-electron chi connectivity index (χ2n) is 5.29. The van der Waals surface area contributed by atoms with Gasteiger partial charge < -0.3 is 5.11 Å². The number of hydrogen-bond acceptors (Lipinski definition) is 4. The quantitative estimate of drug-likeness (QED) is 0.831. The summed E-state index contributed by atoms with van der Waals surface area (Å²) in [5.74, 6) is 0.518. The number of hydrogen-bond donors (Lipinski definition) is 1. The second-order valence-corrected chi connectivity index (χ2v) is 5.29. The minimum Gasteiger partial charge on any atom is -0.481 e. The van der Waals surface area contributed by atoms with Gasteiger partial charge in [-0.2, -0.15) is 0 Å². The number of rotatable bonds is 5. The van der Waals surface area contributed by atoms with Crippen LogP contribution in [-0.2, 0) is 17.8 Å². The summed E-state index contributed by atoms with van der Waals surface area (Å²) >= 11 is 0. The second kappa shape index (κ2) is 4.43. The molecule has 17 heavy (non-hydrogen) atoms. The van der Waals surface area contributed by atoms with Crippen molar-refractivity contribution in [1.29, 1.82) is 0 Å². The van der Waals surface area contributed by atoms with Gasteiger partial charge in [-0.1, -0.05) is 20.3 Å². The Bertz CT molecular complexity index is 409. The van der Waals surface area contributed by atoms with Crippen molar-refractivity contribution < 1.29 is 9.90 Å². The molecular weight excluding hydrogens is 220 g/mol. The molecule has 0 aliphatic heterocycles. The van der Waals surface area contributed by atoms with Gasteiger partial charge in [-0.25, -0.2) is 4.68 Å². The molecule has 1 saturated carbocycles. The summed E-state index contributed by atoms with van der Waals surface area (Å²) < 4.78 is 1.66. The molecule has 0 bridgehead atoms. The molecule has 2 rings (SSSR count). The lowest BCUT2D eigenvalue weighted by Gasteiger charge is -2.37. The zero-order valence-corrected chi connectivity index (χ0v) is 10.3. The van der Waals surface area contributed by atoms with Crippen LogP contribution in [0.5, 0.6) is 0 Å². The number of aromatic nitrogens is 4. The predicted octanol–water partition coefficient (Wildman–Crippen LogP) is 1.13. The number of carboxylic acid groups (broad SMARTS) is 1. The van der Waals surface area contributed by atoms with Crippen molar-refractivity contribution in [3.63, 3.8) is 0 Å². The normalized spacial score (nSPS) is 18.1. The summed E-state index contributed by atoms with van der Waals surface area (Å²) in [6.45, 7) is 4.59. The van der Waals surface area contributed by atoms with Crippen molar-refractivity contribution in [3.05, 3.63) is 5.82 Å². The van der Waals surface area contributed by atoms with Crippen LogP contribution in [0.3, 0.4) is 0 Å².